The molecule has 4 heteroatoms. The first-order valence-electron chi connectivity index (χ1n) is 5.27. The molecule has 0 aliphatic rings. The summed E-state index contributed by atoms with van der Waals surface area (Å²) in [6.45, 7) is 7.81. The molecule has 0 unspecified atom stereocenters. The van der Waals surface area contributed by atoms with Gasteiger partial charge in [0.05, 0.1) is 6.54 Å². The normalized spacial score (nSPS) is 10.8. The van der Waals surface area contributed by atoms with Crippen molar-refractivity contribution in [1.29, 1.82) is 0 Å². The molecule has 0 saturated heterocycles. The topological polar surface area (TPSA) is 41.1 Å². The van der Waals surface area contributed by atoms with Crippen molar-refractivity contribution in [2.75, 3.05) is 26.0 Å². The summed E-state index contributed by atoms with van der Waals surface area (Å²) in [6, 6.07) is 0. The van der Waals surface area contributed by atoms with Gasteiger partial charge in [0.1, 0.15) is 11.6 Å². The van der Waals surface area contributed by atoms with Crippen LogP contribution in [0.15, 0.2) is 0 Å². The summed E-state index contributed by atoms with van der Waals surface area (Å²) in [6.07, 6.45) is 0. The summed E-state index contributed by atoms with van der Waals surface area (Å²) in [7, 11) is 4.04. The molecule has 4 nitrogen and oxygen atoms in total. The molecule has 0 saturated carbocycles. The van der Waals surface area contributed by atoms with Crippen molar-refractivity contribution >= 4 is 5.82 Å². The predicted molar refractivity (Wildman–Crippen MR) is 63.1 cm³/mol. The minimum Gasteiger partial charge on any atom is -0.370 e. The van der Waals surface area contributed by atoms with Crippen LogP contribution in [0.2, 0.25) is 0 Å². The van der Waals surface area contributed by atoms with Crippen LogP contribution in [-0.4, -0.2) is 35.5 Å². The van der Waals surface area contributed by atoms with Gasteiger partial charge in [-0.25, -0.2) is 9.97 Å². The number of hydrogen-bond acceptors (Lipinski definition) is 4. The summed E-state index contributed by atoms with van der Waals surface area (Å²) >= 11 is 0. The molecule has 0 amide bonds. The Morgan fingerprint density at radius 3 is 2.40 bits per heavy atom. The Morgan fingerprint density at radius 2 is 1.87 bits per heavy atom. The van der Waals surface area contributed by atoms with Crippen molar-refractivity contribution in [1.82, 2.24) is 14.9 Å². The molecule has 0 radical (unpaired) electrons. The average molecular weight is 208 g/mol. The van der Waals surface area contributed by atoms with Crippen molar-refractivity contribution in [2.45, 2.75) is 27.3 Å². The van der Waals surface area contributed by atoms with E-state index in [0.717, 1.165) is 36.0 Å². The van der Waals surface area contributed by atoms with Gasteiger partial charge in [0.15, 0.2) is 0 Å². The number of aromatic nitrogens is 2. The van der Waals surface area contributed by atoms with Gasteiger partial charge in [0.25, 0.3) is 0 Å². The van der Waals surface area contributed by atoms with E-state index in [1.807, 2.05) is 27.9 Å². The number of hydrogen-bond donors (Lipinski definition) is 1. The number of anilines is 1. The second kappa shape index (κ2) is 5.07. The Morgan fingerprint density at radius 1 is 1.20 bits per heavy atom. The van der Waals surface area contributed by atoms with Gasteiger partial charge in [-0.1, -0.05) is 0 Å². The van der Waals surface area contributed by atoms with E-state index in [2.05, 4.69) is 27.1 Å². The van der Waals surface area contributed by atoms with Crippen LogP contribution in [-0.2, 0) is 6.54 Å². The fourth-order valence-corrected chi connectivity index (χ4v) is 1.38. The Kier molecular flexibility index (Phi) is 4.03. The zero-order valence-corrected chi connectivity index (χ0v) is 10.3. The molecule has 1 aromatic rings. The third kappa shape index (κ3) is 3.16. The summed E-state index contributed by atoms with van der Waals surface area (Å²) in [4.78, 5) is 11.0. The summed E-state index contributed by atoms with van der Waals surface area (Å²) in [5.41, 5.74) is 2.19. The van der Waals surface area contributed by atoms with E-state index < -0.39 is 0 Å². The Bertz CT molecular complexity index is 334. The molecule has 0 fully saturated rings. The highest BCUT2D eigenvalue weighted by atomic mass is 15.1. The molecule has 0 aromatic carbocycles. The third-order valence-electron chi connectivity index (χ3n) is 2.24. The highest BCUT2D eigenvalue weighted by Gasteiger charge is 2.07. The number of aryl methyl sites for hydroxylation is 1. The summed E-state index contributed by atoms with van der Waals surface area (Å²) in [5, 5.41) is 3.26. The van der Waals surface area contributed by atoms with Gasteiger partial charge in [-0.05, 0) is 34.9 Å². The zero-order valence-electron chi connectivity index (χ0n) is 10.3. The standard InChI is InChI=1S/C11H20N4/c1-6-12-11-8(2)9(3)13-10(14-11)7-15(4)5/h6-7H2,1-5H3,(H,12,13,14). The van der Waals surface area contributed by atoms with Crippen molar-refractivity contribution in [3.63, 3.8) is 0 Å². The lowest BCUT2D eigenvalue weighted by atomic mass is 10.2. The molecule has 0 atom stereocenters. The highest BCUT2D eigenvalue weighted by Crippen LogP contribution is 2.14. The van der Waals surface area contributed by atoms with E-state index in [1.54, 1.807) is 0 Å². The van der Waals surface area contributed by atoms with Crippen molar-refractivity contribution in [3.8, 4) is 0 Å². The van der Waals surface area contributed by atoms with Crippen molar-refractivity contribution in [2.24, 2.45) is 0 Å². The molecule has 1 heterocycles. The fourth-order valence-electron chi connectivity index (χ4n) is 1.38. The third-order valence-corrected chi connectivity index (χ3v) is 2.24. The maximum atomic E-state index is 4.50. The predicted octanol–water partition coefficient (Wildman–Crippen LogP) is 1.59. The summed E-state index contributed by atoms with van der Waals surface area (Å²) < 4.78 is 0. The van der Waals surface area contributed by atoms with Gasteiger partial charge >= 0.3 is 0 Å². The molecule has 84 valence electrons. The van der Waals surface area contributed by atoms with E-state index in [0.29, 0.717) is 0 Å². The maximum absolute atomic E-state index is 4.50. The first-order valence-corrected chi connectivity index (χ1v) is 5.27. The Hall–Kier alpha value is -1.16. The van der Waals surface area contributed by atoms with Gasteiger partial charge in [-0.3, -0.25) is 0 Å². The zero-order chi connectivity index (χ0) is 11.4. The quantitative estimate of drug-likeness (QED) is 0.815. The van der Waals surface area contributed by atoms with Crippen LogP contribution >= 0.6 is 0 Å². The van der Waals surface area contributed by atoms with E-state index >= 15 is 0 Å². The minimum absolute atomic E-state index is 0.777. The van der Waals surface area contributed by atoms with Crippen LogP contribution < -0.4 is 5.32 Å². The van der Waals surface area contributed by atoms with E-state index in [4.69, 9.17) is 0 Å². The lowest BCUT2D eigenvalue weighted by Gasteiger charge is -2.13. The van der Waals surface area contributed by atoms with Gasteiger partial charge < -0.3 is 10.2 Å². The van der Waals surface area contributed by atoms with Crippen LogP contribution in [0.5, 0.6) is 0 Å². The molecule has 15 heavy (non-hydrogen) atoms. The van der Waals surface area contributed by atoms with Crippen molar-refractivity contribution < 1.29 is 0 Å². The lowest BCUT2D eigenvalue weighted by Crippen LogP contribution is -2.16. The average Bonchev–Trinajstić information content (AvgIpc) is 2.12. The highest BCUT2D eigenvalue weighted by molar-refractivity contribution is 5.45. The molecule has 0 spiro atoms. The van der Waals surface area contributed by atoms with E-state index in [-0.39, 0.29) is 0 Å². The van der Waals surface area contributed by atoms with Crippen LogP contribution in [0.4, 0.5) is 5.82 Å². The molecule has 1 N–H and O–H groups in total. The van der Waals surface area contributed by atoms with Crippen molar-refractivity contribution in [3.05, 3.63) is 17.1 Å². The fraction of sp³-hybridized carbons (Fsp3) is 0.636. The number of rotatable bonds is 4. The molecule has 1 rings (SSSR count). The first kappa shape index (κ1) is 11.9. The molecular weight excluding hydrogens is 188 g/mol. The Labute approximate surface area is 91.7 Å². The molecular formula is C11H20N4. The van der Waals surface area contributed by atoms with Gasteiger partial charge in [-0.15, -0.1) is 0 Å². The smallest absolute Gasteiger partial charge is 0.144 e. The number of nitrogens with zero attached hydrogens (tertiary/aromatic N) is 3. The SMILES string of the molecule is CCNc1nc(CN(C)C)nc(C)c1C. The van der Waals surface area contributed by atoms with Crippen LogP contribution in [0, 0.1) is 13.8 Å². The van der Waals surface area contributed by atoms with Crippen LogP contribution in [0.25, 0.3) is 0 Å². The van der Waals surface area contributed by atoms with Crippen LogP contribution in [0.1, 0.15) is 24.0 Å². The Balaban J connectivity index is 3.00. The molecule has 0 aliphatic heterocycles. The summed E-state index contributed by atoms with van der Waals surface area (Å²) in [5.74, 6) is 1.83. The van der Waals surface area contributed by atoms with Gasteiger partial charge in [-0.2, -0.15) is 0 Å². The lowest BCUT2D eigenvalue weighted by molar-refractivity contribution is 0.390. The second-order valence-electron chi connectivity index (χ2n) is 3.97. The second-order valence-corrected chi connectivity index (χ2v) is 3.97. The van der Waals surface area contributed by atoms with Gasteiger partial charge in [0, 0.05) is 17.8 Å². The number of nitrogens with one attached hydrogen (secondary N) is 1. The maximum Gasteiger partial charge on any atom is 0.144 e. The molecule has 1 aromatic heterocycles. The van der Waals surface area contributed by atoms with Gasteiger partial charge in [0.2, 0.25) is 0 Å². The minimum atomic E-state index is 0.777. The monoisotopic (exact) mass is 208 g/mol. The molecule has 0 aliphatic carbocycles. The molecule has 0 bridgehead atoms. The van der Waals surface area contributed by atoms with Crippen LogP contribution in [0.3, 0.4) is 0 Å². The first-order chi connectivity index (χ1) is 7.04. The van der Waals surface area contributed by atoms with E-state index in [1.165, 1.54) is 0 Å². The largest absolute Gasteiger partial charge is 0.370 e. The van der Waals surface area contributed by atoms with E-state index in [9.17, 15) is 0 Å².